The summed E-state index contributed by atoms with van der Waals surface area (Å²) in [5.41, 5.74) is 1.06. The number of benzene rings is 2. The van der Waals surface area contributed by atoms with Crippen LogP contribution in [-0.2, 0) is 15.0 Å². The quantitative estimate of drug-likeness (QED) is 0.552. The fourth-order valence-corrected chi connectivity index (χ4v) is 7.84. The fraction of sp³-hybridized carbons (Fsp3) is 0.462. The number of carbonyl (C=O) groups excluding carboxylic acids is 2. The maximum atomic E-state index is 14.9. The maximum absolute atomic E-state index is 14.9. The minimum Gasteiger partial charge on any atom is -0.325 e. The number of hydrogen-bond acceptors (Lipinski definition) is 3. The Balaban J connectivity index is 1.62. The molecule has 1 saturated carbocycles. The standard InChI is InChI=1S/C26H25Cl2FN2O2/c27-16-5-3-4-15(10-16)23-21(14-32)31-9-8-25(6-1-2-7-25)13-22(31)26(23)17-11-19(29)18(28)12-20(17)30-24(26)33/h3-5,10-12,14,21-23H,1-2,6-9,13H2,(H,30,33)/t21-,22+,23-,26-/m0/s1. The van der Waals surface area contributed by atoms with Crippen molar-refractivity contribution in [2.24, 2.45) is 5.41 Å². The van der Waals surface area contributed by atoms with E-state index in [1.54, 1.807) is 6.07 Å². The molecule has 2 spiro atoms. The monoisotopic (exact) mass is 486 g/mol. The lowest BCUT2D eigenvalue weighted by molar-refractivity contribution is -0.123. The van der Waals surface area contributed by atoms with E-state index in [9.17, 15) is 14.0 Å². The fourth-order valence-electron chi connectivity index (χ4n) is 7.48. The van der Waals surface area contributed by atoms with Crippen molar-refractivity contribution in [3.63, 3.8) is 0 Å². The number of halogens is 3. The molecule has 0 unspecified atom stereocenters. The van der Waals surface area contributed by atoms with Crippen LogP contribution in [0.3, 0.4) is 0 Å². The van der Waals surface area contributed by atoms with Crippen LogP contribution in [0.15, 0.2) is 36.4 Å². The normalized spacial score (nSPS) is 32.2. The Hall–Kier alpha value is -1.95. The first-order valence-electron chi connectivity index (χ1n) is 11.7. The molecule has 0 radical (unpaired) electrons. The molecule has 172 valence electrons. The van der Waals surface area contributed by atoms with Crippen LogP contribution in [0, 0.1) is 11.2 Å². The molecule has 6 rings (SSSR count). The Morgan fingerprint density at radius 2 is 1.91 bits per heavy atom. The molecule has 4 aliphatic rings. The number of rotatable bonds is 2. The number of nitrogens with zero attached hydrogens (tertiary/aromatic N) is 1. The van der Waals surface area contributed by atoms with E-state index >= 15 is 0 Å². The molecule has 33 heavy (non-hydrogen) atoms. The SMILES string of the molecule is O=C[C@H]1[C@H](c2cccc(Cl)c2)[C@@]2(C(=O)Nc3cc(Cl)c(F)cc32)[C@H]2CC3(CCCC3)CCN12. The van der Waals surface area contributed by atoms with Gasteiger partial charge in [-0.15, -0.1) is 0 Å². The van der Waals surface area contributed by atoms with Gasteiger partial charge >= 0.3 is 0 Å². The molecule has 1 N–H and O–H groups in total. The van der Waals surface area contributed by atoms with Crippen molar-refractivity contribution in [1.29, 1.82) is 0 Å². The van der Waals surface area contributed by atoms with Crippen molar-refractivity contribution in [3.05, 3.63) is 63.4 Å². The van der Waals surface area contributed by atoms with Crippen molar-refractivity contribution >= 4 is 41.1 Å². The zero-order chi connectivity index (χ0) is 23.0. The zero-order valence-electron chi connectivity index (χ0n) is 18.1. The number of carbonyl (C=O) groups is 2. The van der Waals surface area contributed by atoms with Crippen LogP contribution in [-0.4, -0.2) is 35.7 Å². The minimum atomic E-state index is -1.09. The van der Waals surface area contributed by atoms with E-state index in [1.807, 2.05) is 18.2 Å². The summed E-state index contributed by atoms with van der Waals surface area (Å²) < 4.78 is 14.9. The van der Waals surface area contributed by atoms with E-state index in [2.05, 4.69) is 10.2 Å². The van der Waals surface area contributed by atoms with Crippen LogP contribution in [0.1, 0.15) is 55.6 Å². The van der Waals surface area contributed by atoms with Crippen LogP contribution in [0.4, 0.5) is 10.1 Å². The van der Waals surface area contributed by atoms with Gasteiger partial charge in [0.1, 0.15) is 17.5 Å². The van der Waals surface area contributed by atoms with Crippen molar-refractivity contribution in [2.45, 2.75) is 61.9 Å². The van der Waals surface area contributed by atoms with Gasteiger partial charge in [0.25, 0.3) is 0 Å². The highest BCUT2D eigenvalue weighted by atomic mass is 35.5. The van der Waals surface area contributed by atoms with E-state index in [-0.39, 0.29) is 22.4 Å². The number of amides is 1. The predicted octanol–water partition coefficient (Wildman–Crippen LogP) is 5.71. The molecule has 1 aliphatic carbocycles. The minimum absolute atomic E-state index is 0.0249. The Morgan fingerprint density at radius 3 is 2.64 bits per heavy atom. The maximum Gasteiger partial charge on any atom is 0.237 e. The van der Waals surface area contributed by atoms with Gasteiger partial charge < -0.3 is 10.1 Å². The first-order valence-corrected chi connectivity index (χ1v) is 12.4. The van der Waals surface area contributed by atoms with Gasteiger partial charge in [-0.2, -0.15) is 0 Å². The summed E-state index contributed by atoms with van der Waals surface area (Å²) in [6.07, 6.45) is 7.50. The number of anilines is 1. The first kappa shape index (κ1) is 21.6. The molecule has 2 saturated heterocycles. The van der Waals surface area contributed by atoms with E-state index < -0.39 is 23.2 Å². The second-order valence-corrected chi connectivity index (χ2v) is 11.1. The molecule has 3 fully saturated rings. The highest BCUT2D eigenvalue weighted by Crippen LogP contribution is 2.63. The van der Waals surface area contributed by atoms with Crippen molar-refractivity contribution in [2.75, 3.05) is 11.9 Å². The zero-order valence-corrected chi connectivity index (χ0v) is 19.6. The van der Waals surface area contributed by atoms with Gasteiger partial charge in [0.2, 0.25) is 5.91 Å². The lowest BCUT2D eigenvalue weighted by atomic mass is 9.61. The van der Waals surface area contributed by atoms with Crippen LogP contribution in [0.5, 0.6) is 0 Å². The third-order valence-electron chi connectivity index (χ3n) is 8.81. The number of piperidine rings is 1. The highest BCUT2D eigenvalue weighted by molar-refractivity contribution is 6.31. The Morgan fingerprint density at radius 1 is 1.12 bits per heavy atom. The second-order valence-electron chi connectivity index (χ2n) is 10.2. The third kappa shape index (κ3) is 2.92. The average Bonchev–Trinajstić information content (AvgIpc) is 3.44. The van der Waals surface area contributed by atoms with Gasteiger partial charge in [0.15, 0.2) is 0 Å². The molecule has 0 bridgehead atoms. The summed E-state index contributed by atoms with van der Waals surface area (Å²) in [5, 5.41) is 3.53. The molecule has 2 aromatic rings. The van der Waals surface area contributed by atoms with Crippen LogP contribution < -0.4 is 5.32 Å². The molecule has 4 atom stereocenters. The summed E-state index contributed by atoms with van der Waals surface area (Å²) in [6.45, 7) is 0.756. The Labute approximate surface area is 202 Å². The van der Waals surface area contributed by atoms with E-state index in [0.717, 1.165) is 44.1 Å². The van der Waals surface area contributed by atoms with E-state index in [4.69, 9.17) is 23.2 Å². The molecule has 2 aromatic carbocycles. The van der Waals surface area contributed by atoms with Gasteiger partial charge in [0, 0.05) is 22.7 Å². The molecular weight excluding hydrogens is 462 g/mol. The van der Waals surface area contributed by atoms with Gasteiger partial charge in [-0.05, 0) is 73.0 Å². The summed E-state index contributed by atoms with van der Waals surface area (Å²) in [5.74, 6) is -1.21. The summed E-state index contributed by atoms with van der Waals surface area (Å²) in [6, 6.07) is 9.61. The van der Waals surface area contributed by atoms with Crippen molar-refractivity contribution in [3.8, 4) is 0 Å². The van der Waals surface area contributed by atoms with Gasteiger partial charge in [-0.25, -0.2) is 4.39 Å². The predicted molar refractivity (Wildman–Crippen MR) is 126 cm³/mol. The lowest BCUT2D eigenvalue weighted by Gasteiger charge is -2.46. The third-order valence-corrected chi connectivity index (χ3v) is 9.33. The lowest BCUT2D eigenvalue weighted by Crippen LogP contribution is -2.54. The van der Waals surface area contributed by atoms with Crippen molar-refractivity contribution < 1.29 is 14.0 Å². The Bertz CT molecular complexity index is 1160. The van der Waals surface area contributed by atoms with E-state index in [1.165, 1.54) is 25.0 Å². The smallest absolute Gasteiger partial charge is 0.237 e. The molecule has 0 aromatic heterocycles. The Kier molecular flexibility index (Phi) is 4.92. The van der Waals surface area contributed by atoms with Gasteiger partial charge in [0.05, 0.1) is 11.1 Å². The number of nitrogens with one attached hydrogen (secondary N) is 1. The number of hydrogen-bond donors (Lipinski definition) is 1. The molecule has 3 heterocycles. The molecular formula is C26H25Cl2FN2O2. The number of fused-ring (bicyclic) bond motifs is 4. The number of aldehydes is 1. The van der Waals surface area contributed by atoms with Gasteiger partial charge in [-0.3, -0.25) is 9.69 Å². The van der Waals surface area contributed by atoms with Crippen molar-refractivity contribution in [1.82, 2.24) is 4.90 Å². The van der Waals surface area contributed by atoms with Crippen LogP contribution in [0.25, 0.3) is 0 Å². The topological polar surface area (TPSA) is 49.4 Å². The molecule has 1 amide bonds. The molecule has 7 heteroatoms. The first-order chi connectivity index (χ1) is 15.9. The largest absolute Gasteiger partial charge is 0.325 e. The average molecular weight is 487 g/mol. The van der Waals surface area contributed by atoms with E-state index in [0.29, 0.717) is 16.3 Å². The van der Waals surface area contributed by atoms with Crippen LogP contribution in [0.2, 0.25) is 10.0 Å². The summed E-state index contributed by atoms with van der Waals surface area (Å²) in [4.78, 5) is 28.8. The molecule has 3 aliphatic heterocycles. The highest BCUT2D eigenvalue weighted by Gasteiger charge is 2.69. The van der Waals surface area contributed by atoms with Gasteiger partial charge in [-0.1, -0.05) is 48.2 Å². The second kappa shape index (κ2) is 7.53. The van der Waals surface area contributed by atoms with Crippen LogP contribution >= 0.6 is 23.2 Å². The summed E-state index contributed by atoms with van der Waals surface area (Å²) in [7, 11) is 0. The summed E-state index contributed by atoms with van der Waals surface area (Å²) >= 11 is 12.5. The molecule has 4 nitrogen and oxygen atoms in total.